The van der Waals surface area contributed by atoms with E-state index in [9.17, 15) is 15.0 Å². The summed E-state index contributed by atoms with van der Waals surface area (Å²) in [6, 6.07) is 17.2. The lowest BCUT2D eigenvalue weighted by atomic mass is 9.94. The highest BCUT2D eigenvalue weighted by molar-refractivity contribution is 5.95. The zero-order chi connectivity index (χ0) is 20.2. The number of carbonyl (C=O) groups is 1. The highest BCUT2D eigenvalue weighted by Gasteiger charge is 2.23. The molecule has 2 aromatic carbocycles. The maximum Gasteiger partial charge on any atom is 0.336 e. The van der Waals surface area contributed by atoms with Gasteiger partial charge in [0.2, 0.25) is 0 Å². The molecule has 1 aromatic heterocycles. The van der Waals surface area contributed by atoms with Gasteiger partial charge in [-0.15, -0.1) is 0 Å². The van der Waals surface area contributed by atoms with Gasteiger partial charge in [0, 0.05) is 19.0 Å². The second-order valence-electron chi connectivity index (χ2n) is 7.60. The van der Waals surface area contributed by atoms with Crippen LogP contribution < -0.4 is 0 Å². The van der Waals surface area contributed by atoms with E-state index in [1.807, 2.05) is 30.3 Å². The molecule has 1 aliphatic heterocycles. The Balaban J connectivity index is 1.44. The topological polar surface area (TPSA) is 89.5 Å². The molecule has 0 unspecified atom stereocenters. The predicted octanol–water partition coefficient (Wildman–Crippen LogP) is 3.65. The van der Waals surface area contributed by atoms with E-state index in [1.54, 1.807) is 12.1 Å². The van der Waals surface area contributed by atoms with Crippen LogP contribution in [-0.4, -0.2) is 44.4 Å². The van der Waals surface area contributed by atoms with E-state index < -0.39 is 5.97 Å². The van der Waals surface area contributed by atoms with Gasteiger partial charge in [0.05, 0.1) is 23.6 Å². The SMILES string of the molecule is O=C(O)c1ccccc1-c1ccc(CN2CCC[C@H](c3cc(CO)[nH]n3)C2)cc1. The van der Waals surface area contributed by atoms with Crippen molar-refractivity contribution in [3.63, 3.8) is 0 Å². The van der Waals surface area contributed by atoms with Crippen molar-refractivity contribution in [3.05, 3.63) is 77.1 Å². The lowest BCUT2D eigenvalue weighted by molar-refractivity contribution is 0.0697. The Kier molecular flexibility index (Phi) is 5.74. The number of likely N-dealkylation sites (tertiary alicyclic amines) is 1. The van der Waals surface area contributed by atoms with Crippen LogP contribution in [0.1, 0.15) is 46.1 Å². The second-order valence-corrected chi connectivity index (χ2v) is 7.60. The fourth-order valence-corrected chi connectivity index (χ4v) is 4.08. The average Bonchev–Trinajstić information content (AvgIpc) is 3.24. The summed E-state index contributed by atoms with van der Waals surface area (Å²) in [5.41, 5.74) is 4.97. The number of aliphatic hydroxyl groups is 1. The summed E-state index contributed by atoms with van der Waals surface area (Å²) in [5.74, 6) is -0.534. The number of hydrogen-bond acceptors (Lipinski definition) is 4. The zero-order valence-electron chi connectivity index (χ0n) is 16.2. The molecule has 1 saturated heterocycles. The zero-order valence-corrected chi connectivity index (χ0v) is 16.2. The third kappa shape index (κ3) is 4.39. The number of aromatic carboxylic acids is 1. The van der Waals surface area contributed by atoms with Crippen molar-refractivity contribution in [2.45, 2.75) is 31.9 Å². The summed E-state index contributed by atoms with van der Waals surface area (Å²) in [7, 11) is 0. The molecule has 4 rings (SSSR count). The van der Waals surface area contributed by atoms with Crippen LogP contribution in [0.5, 0.6) is 0 Å². The van der Waals surface area contributed by atoms with E-state index >= 15 is 0 Å². The summed E-state index contributed by atoms with van der Waals surface area (Å²) >= 11 is 0. The number of benzene rings is 2. The Morgan fingerprint density at radius 1 is 1.17 bits per heavy atom. The van der Waals surface area contributed by atoms with Gasteiger partial charge in [-0.1, -0.05) is 42.5 Å². The lowest BCUT2D eigenvalue weighted by Crippen LogP contribution is -2.34. The van der Waals surface area contributed by atoms with Gasteiger partial charge in [0.25, 0.3) is 0 Å². The molecule has 3 aromatic rings. The first-order chi connectivity index (χ1) is 14.1. The third-order valence-corrected chi connectivity index (χ3v) is 5.57. The molecule has 6 nitrogen and oxygen atoms in total. The molecule has 6 heteroatoms. The van der Waals surface area contributed by atoms with Crippen molar-refractivity contribution in [2.24, 2.45) is 0 Å². The summed E-state index contributed by atoms with van der Waals surface area (Å²) in [4.78, 5) is 13.9. The molecular formula is C23H25N3O3. The summed E-state index contributed by atoms with van der Waals surface area (Å²) < 4.78 is 0. The van der Waals surface area contributed by atoms with Gasteiger partial charge in [-0.2, -0.15) is 5.10 Å². The van der Waals surface area contributed by atoms with E-state index in [2.05, 4.69) is 27.2 Å². The van der Waals surface area contributed by atoms with Gasteiger partial charge >= 0.3 is 5.97 Å². The Morgan fingerprint density at radius 2 is 1.97 bits per heavy atom. The number of carboxylic acids is 1. The Bertz CT molecular complexity index is 981. The minimum Gasteiger partial charge on any atom is -0.478 e. The number of hydrogen-bond donors (Lipinski definition) is 3. The molecule has 1 atom stereocenters. The van der Waals surface area contributed by atoms with Crippen LogP contribution in [0.25, 0.3) is 11.1 Å². The highest BCUT2D eigenvalue weighted by Crippen LogP contribution is 2.28. The molecule has 1 fully saturated rings. The first-order valence-electron chi connectivity index (χ1n) is 9.93. The molecule has 150 valence electrons. The van der Waals surface area contributed by atoms with E-state index in [1.165, 1.54) is 5.56 Å². The number of H-pyrrole nitrogens is 1. The Morgan fingerprint density at radius 3 is 2.69 bits per heavy atom. The van der Waals surface area contributed by atoms with Crippen molar-refractivity contribution >= 4 is 5.97 Å². The predicted molar refractivity (Wildman–Crippen MR) is 111 cm³/mol. The van der Waals surface area contributed by atoms with E-state index in [-0.39, 0.29) is 6.61 Å². The molecule has 0 amide bonds. The number of rotatable bonds is 6. The van der Waals surface area contributed by atoms with Crippen molar-refractivity contribution < 1.29 is 15.0 Å². The molecule has 0 bridgehead atoms. The third-order valence-electron chi connectivity index (χ3n) is 5.57. The van der Waals surface area contributed by atoms with Crippen LogP contribution in [-0.2, 0) is 13.2 Å². The molecule has 0 saturated carbocycles. The lowest BCUT2D eigenvalue weighted by Gasteiger charge is -2.32. The van der Waals surface area contributed by atoms with Crippen LogP contribution in [0, 0.1) is 0 Å². The fourth-order valence-electron chi connectivity index (χ4n) is 4.08. The number of carboxylic acid groups (broad SMARTS) is 1. The molecular weight excluding hydrogens is 366 g/mol. The van der Waals surface area contributed by atoms with E-state index in [0.29, 0.717) is 11.5 Å². The minimum absolute atomic E-state index is 0.0131. The van der Waals surface area contributed by atoms with E-state index in [4.69, 9.17) is 0 Å². The van der Waals surface area contributed by atoms with Crippen LogP contribution in [0.3, 0.4) is 0 Å². The Labute approximate surface area is 169 Å². The van der Waals surface area contributed by atoms with Gasteiger partial charge in [0.15, 0.2) is 0 Å². The van der Waals surface area contributed by atoms with Crippen LogP contribution >= 0.6 is 0 Å². The summed E-state index contributed by atoms with van der Waals surface area (Å²) in [6.07, 6.45) is 2.23. The number of nitrogens with one attached hydrogen (secondary N) is 1. The largest absolute Gasteiger partial charge is 0.478 e. The molecule has 1 aliphatic rings. The number of nitrogens with zero attached hydrogens (tertiary/aromatic N) is 2. The molecule has 29 heavy (non-hydrogen) atoms. The smallest absolute Gasteiger partial charge is 0.336 e. The molecule has 0 spiro atoms. The monoisotopic (exact) mass is 391 g/mol. The summed E-state index contributed by atoms with van der Waals surface area (Å²) in [6.45, 7) is 2.84. The maximum atomic E-state index is 11.5. The first-order valence-corrected chi connectivity index (χ1v) is 9.93. The second kappa shape index (κ2) is 8.59. The number of aromatic amines is 1. The number of aliphatic hydroxyl groups excluding tert-OH is 1. The Hall–Kier alpha value is -2.96. The summed E-state index contributed by atoms with van der Waals surface area (Å²) in [5, 5.41) is 25.9. The van der Waals surface area contributed by atoms with Crippen LogP contribution in [0.2, 0.25) is 0 Å². The van der Waals surface area contributed by atoms with Crippen LogP contribution in [0.4, 0.5) is 0 Å². The van der Waals surface area contributed by atoms with Crippen molar-refractivity contribution in [1.82, 2.24) is 15.1 Å². The van der Waals surface area contributed by atoms with E-state index in [0.717, 1.165) is 55.0 Å². The fraction of sp³-hybridized carbons (Fsp3) is 0.304. The van der Waals surface area contributed by atoms with Crippen LogP contribution in [0.15, 0.2) is 54.6 Å². The standard InChI is InChI=1S/C23H25N3O3/c27-15-19-12-22(25-24-19)18-4-3-11-26(14-18)13-16-7-9-17(10-8-16)20-5-1-2-6-21(20)23(28)29/h1-2,5-10,12,18,27H,3-4,11,13-15H2,(H,24,25)(H,28,29)/t18-/m0/s1. The highest BCUT2D eigenvalue weighted by atomic mass is 16.4. The van der Waals surface area contributed by atoms with Crippen molar-refractivity contribution in [3.8, 4) is 11.1 Å². The van der Waals surface area contributed by atoms with Gasteiger partial charge < -0.3 is 10.2 Å². The molecule has 3 N–H and O–H groups in total. The van der Waals surface area contributed by atoms with Gasteiger partial charge in [-0.05, 0) is 48.2 Å². The van der Waals surface area contributed by atoms with Crippen molar-refractivity contribution in [2.75, 3.05) is 13.1 Å². The quantitative estimate of drug-likeness (QED) is 0.597. The first kappa shape index (κ1) is 19.4. The molecule has 0 radical (unpaired) electrons. The molecule has 0 aliphatic carbocycles. The molecule has 2 heterocycles. The van der Waals surface area contributed by atoms with Gasteiger partial charge in [0.1, 0.15) is 0 Å². The number of aromatic nitrogens is 2. The van der Waals surface area contributed by atoms with Crippen molar-refractivity contribution in [1.29, 1.82) is 0 Å². The van der Waals surface area contributed by atoms with Gasteiger partial charge in [-0.3, -0.25) is 10.00 Å². The average molecular weight is 391 g/mol. The number of piperidine rings is 1. The minimum atomic E-state index is -0.910. The maximum absolute atomic E-state index is 11.5. The van der Waals surface area contributed by atoms with Gasteiger partial charge in [-0.25, -0.2) is 4.79 Å². The normalized spacial score (nSPS) is 17.3.